The fourth-order valence-corrected chi connectivity index (χ4v) is 4.27. The minimum absolute atomic E-state index is 0.00829. The van der Waals surface area contributed by atoms with Gasteiger partial charge in [0.25, 0.3) is 0 Å². The van der Waals surface area contributed by atoms with E-state index in [-0.39, 0.29) is 12.5 Å². The minimum atomic E-state index is -0.845. The van der Waals surface area contributed by atoms with Crippen LogP contribution in [0.15, 0.2) is 82.6 Å². The predicted molar refractivity (Wildman–Crippen MR) is 137 cm³/mol. The molecule has 0 spiro atoms. The van der Waals surface area contributed by atoms with E-state index in [0.717, 1.165) is 33.9 Å². The number of ether oxygens (including phenoxy) is 1. The van der Waals surface area contributed by atoms with Crippen molar-refractivity contribution in [3.8, 4) is 5.75 Å². The highest BCUT2D eigenvalue weighted by molar-refractivity contribution is 7.99. The van der Waals surface area contributed by atoms with Gasteiger partial charge in [-0.25, -0.2) is 4.79 Å². The summed E-state index contributed by atoms with van der Waals surface area (Å²) in [6.45, 7) is 5.12. The number of carbonyl (C=O) groups excluding carboxylic acids is 1. The Morgan fingerprint density at radius 1 is 0.971 bits per heavy atom. The fourth-order valence-electron chi connectivity index (χ4n) is 3.40. The molecule has 2 amide bonds. The van der Waals surface area contributed by atoms with E-state index in [1.54, 1.807) is 16.7 Å². The number of urea groups is 1. The van der Waals surface area contributed by atoms with Crippen molar-refractivity contribution in [1.82, 2.24) is 0 Å². The van der Waals surface area contributed by atoms with Crippen molar-refractivity contribution in [2.75, 3.05) is 23.4 Å². The Kier molecular flexibility index (Phi) is 9.40. The van der Waals surface area contributed by atoms with Gasteiger partial charge in [-0.15, -0.1) is 0 Å². The van der Waals surface area contributed by atoms with Gasteiger partial charge < -0.3 is 15.2 Å². The van der Waals surface area contributed by atoms with E-state index in [2.05, 4.69) is 12.2 Å². The molecule has 2 N–H and O–H groups in total. The molecule has 0 heterocycles. The lowest BCUT2D eigenvalue weighted by Gasteiger charge is -2.24. The van der Waals surface area contributed by atoms with Crippen LogP contribution in [0.2, 0.25) is 0 Å². The third-order valence-corrected chi connectivity index (χ3v) is 6.05. The van der Waals surface area contributed by atoms with E-state index in [9.17, 15) is 9.59 Å². The zero-order valence-corrected chi connectivity index (χ0v) is 20.3. The van der Waals surface area contributed by atoms with Gasteiger partial charge in [0.05, 0.1) is 18.7 Å². The number of para-hydroxylation sites is 2. The summed E-state index contributed by atoms with van der Waals surface area (Å²) in [6.07, 6.45) is 1.85. The van der Waals surface area contributed by atoms with Crippen molar-refractivity contribution in [2.24, 2.45) is 0 Å². The van der Waals surface area contributed by atoms with E-state index >= 15 is 0 Å². The quantitative estimate of drug-likeness (QED) is 0.320. The SMILES string of the molecule is CCCCN(C(=O)Nc1ccccc1OCC)c1cccc(Sc2ccc(CC(=O)O)cc2)c1. The lowest BCUT2D eigenvalue weighted by atomic mass is 10.2. The first-order chi connectivity index (χ1) is 16.5. The molecule has 0 atom stereocenters. The second-order valence-electron chi connectivity index (χ2n) is 7.68. The van der Waals surface area contributed by atoms with Crippen molar-refractivity contribution >= 4 is 35.1 Å². The van der Waals surface area contributed by atoms with Crippen LogP contribution in [0.4, 0.5) is 16.2 Å². The number of nitrogens with one attached hydrogen (secondary N) is 1. The van der Waals surface area contributed by atoms with Crippen molar-refractivity contribution in [1.29, 1.82) is 0 Å². The summed E-state index contributed by atoms with van der Waals surface area (Å²) < 4.78 is 5.65. The van der Waals surface area contributed by atoms with Gasteiger partial charge in [0.1, 0.15) is 5.75 Å². The summed E-state index contributed by atoms with van der Waals surface area (Å²) in [5, 5.41) is 11.9. The lowest BCUT2D eigenvalue weighted by Crippen LogP contribution is -2.36. The molecule has 7 heteroatoms. The number of hydrogen-bond donors (Lipinski definition) is 2. The van der Waals surface area contributed by atoms with Gasteiger partial charge in [0.15, 0.2) is 0 Å². The van der Waals surface area contributed by atoms with Crippen LogP contribution >= 0.6 is 11.8 Å². The Morgan fingerprint density at radius 3 is 2.44 bits per heavy atom. The molecule has 0 saturated heterocycles. The summed E-state index contributed by atoms with van der Waals surface area (Å²) in [5.74, 6) is -0.202. The number of carbonyl (C=O) groups is 2. The Morgan fingerprint density at radius 2 is 1.74 bits per heavy atom. The largest absolute Gasteiger partial charge is 0.492 e. The van der Waals surface area contributed by atoms with Crippen LogP contribution in [0, 0.1) is 0 Å². The zero-order valence-electron chi connectivity index (χ0n) is 19.5. The molecule has 0 aromatic heterocycles. The highest BCUT2D eigenvalue weighted by Gasteiger charge is 2.18. The summed E-state index contributed by atoms with van der Waals surface area (Å²) >= 11 is 1.57. The van der Waals surface area contributed by atoms with E-state index in [1.807, 2.05) is 79.7 Å². The highest BCUT2D eigenvalue weighted by Crippen LogP contribution is 2.31. The van der Waals surface area contributed by atoms with Gasteiger partial charge in [-0.2, -0.15) is 0 Å². The summed E-state index contributed by atoms with van der Waals surface area (Å²) in [5.41, 5.74) is 2.22. The van der Waals surface area contributed by atoms with E-state index in [0.29, 0.717) is 24.6 Å². The Balaban J connectivity index is 1.78. The van der Waals surface area contributed by atoms with Crippen LogP contribution in [0.25, 0.3) is 0 Å². The third-order valence-electron chi connectivity index (χ3n) is 5.05. The van der Waals surface area contributed by atoms with Gasteiger partial charge in [-0.1, -0.05) is 55.4 Å². The summed E-state index contributed by atoms with van der Waals surface area (Å²) in [7, 11) is 0. The van der Waals surface area contributed by atoms with Gasteiger partial charge in [0, 0.05) is 22.0 Å². The van der Waals surface area contributed by atoms with Gasteiger partial charge in [0.2, 0.25) is 0 Å². The average molecular weight is 479 g/mol. The Labute approximate surface area is 204 Å². The number of benzene rings is 3. The van der Waals surface area contributed by atoms with Crippen molar-refractivity contribution < 1.29 is 19.4 Å². The molecule has 0 radical (unpaired) electrons. The number of aliphatic carboxylic acids is 1. The Bertz CT molecular complexity index is 1100. The Hall–Kier alpha value is -3.45. The first-order valence-corrected chi connectivity index (χ1v) is 12.2. The molecule has 0 saturated carbocycles. The van der Waals surface area contributed by atoms with Crippen molar-refractivity contribution in [2.45, 2.75) is 42.9 Å². The molecule has 0 aliphatic rings. The molecule has 0 unspecified atom stereocenters. The number of carboxylic acid groups (broad SMARTS) is 1. The minimum Gasteiger partial charge on any atom is -0.492 e. The maximum absolute atomic E-state index is 13.3. The average Bonchev–Trinajstić information content (AvgIpc) is 2.82. The maximum Gasteiger partial charge on any atom is 0.326 e. The standard InChI is InChI=1S/C27H30N2O4S/c1-3-5-17-29(27(32)28-24-11-6-7-12-25(24)33-4-2)21-9-8-10-23(19-21)34-22-15-13-20(14-16-22)18-26(30)31/h6-16,19H,3-5,17-18H2,1-2H3,(H,28,32)(H,30,31). The van der Waals surface area contributed by atoms with Crippen LogP contribution in [-0.2, 0) is 11.2 Å². The molecular formula is C27H30N2O4S. The first kappa shape index (κ1) is 25.2. The molecule has 6 nitrogen and oxygen atoms in total. The molecule has 0 aliphatic carbocycles. The van der Waals surface area contributed by atoms with E-state index in [1.165, 1.54) is 0 Å². The highest BCUT2D eigenvalue weighted by atomic mass is 32.2. The molecule has 34 heavy (non-hydrogen) atoms. The number of anilines is 2. The normalized spacial score (nSPS) is 10.5. The van der Waals surface area contributed by atoms with Crippen LogP contribution in [-0.4, -0.2) is 30.3 Å². The van der Waals surface area contributed by atoms with Crippen molar-refractivity contribution in [3.05, 3.63) is 78.4 Å². The molecule has 0 fully saturated rings. The predicted octanol–water partition coefficient (Wildman–Crippen LogP) is 6.70. The second kappa shape index (κ2) is 12.7. The van der Waals surface area contributed by atoms with Crippen molar-refractivity contribution in [3.63, 3.8) is 0 Å². The number of carboxylic acids is 1. The number of hydrogen-bond acceptors (Lipinski definition) is 4. The molecule has 178 valence electrons. The summed E-state index contributed by atoms with van der Waals surface area (Å²) in [6, 6.07) is 22.6. The topological polar surface area (TPSA) is 78.9 Å². The van der Waals surface area contributed by atoms with Gasteiger partial charge >= 0.3 is 12.0 Å². The van der Waals surface area contributed by atoms with Crippen LogP contribution in [0.1, 0.15) is 32.3 Å². The number of nitrogens with zero attached hydrogens (tertiary/aromatic N) is 1. The van der Waals surface area contributed by atoms with Crippen LogP contribution in [0.5, 0.6) is 5.75 Å². The van der Waals surface area contributed by atoms with Crippen LogP contribution in [0.3, 0.4) is 0 Å². The molecule has 3 aromatic rings. The fraction of sp³-hybridized carbons (Fsp3) is 0.259. The lowest BCUT2D eigenvalue weighted by molar-refractivity contribution is -0.136. The number of unbranched alkanes of at least 4 members (excludes halogenated alkanes) is 1. The summed E-state index contributed by atoms with van der Waals surface area (Å²) in [4.78, 5) is 27.9. The molecular weight excluding hydrogens is 448 g/mol. The first-order valence-electron chi connectivity index (χ1n) is 11.4. The molecule has 0 aliphatic heterocycles. The monoisotopic (exact) mass is 478 g/mol. The van der Waals surface area contributed by atoms with Crippen LogP contribution < -0.4 is 15.0 Å². The second-order valence-corrected chi connectivity index (χ2v) is 8.83. The number of rotatable bonds is 11. The molecule has 0 bridgehead atoms. The third kappa shape index (κ3) is 7.28. The molecule has 3 rings (SSSR count). The zero-order chi connectivity index (χ0) is 24.3. The van der Waals surface area contributed by atoms with E-state index in [4.69, 9.17) is 9.84 Å². The maximum atomic E-state index is 13.3. The smallest absolute Gasteiger partial charge is 0.326 e. The molecule has 3 aromatic carbocycles. The van der Waals surface area contributed by atoms with E-state index < -0.39 is 5.97 Å². The number of amides is 2. The van der Waals surface area contributed by atoms with Gasteiger partial charge in [-0.3, -0.25) is 9.69 Å². The van der Waals surface area contributed by atoms with Gasteiger partial charge in [-0.05, 0) is 61.4 Å².